The maximum Gasteiger partial charge on any atom is 0.168 e. The Morgan fingerprint density at radius 2 is 1.79 bits per heavy atom. The van der Waals surface area contributed by atoms with Gasteiger partial charge in [0.2, 0.25) is 0 Å². The topological polar surface area (TPSA) is 55.6 Å². The van der Waals surface area contributed by atoms with Gasteiger partial charge in [0.05, 0.1) is 23.0 Å². The summed E-state index contributed by atoms with van der Waals surface area (Å²) in [4.78, 5) is 8.39. The van der Waals surface area contributed by atoms with Crippen molar-refractivity contribution < 1.29 is 8.78 Å². The highest BCUT2D eigenvalue weighted by Gasteiger charge is 2.12. The lowest BCUT2D eigenvalue weighted by atomic mass is 10.3. The van der Waals surface area contributed by atoms with Gasteiger partial charge in [-0.05, 0) is 24.3 Å². The first-order chi connectivity index (χ1) is 11.7. The van der Waals surface area contributed by atoms with Crippen LogP contribution in [0, 0.1) is 11.6 Å². The van der Waals surface area contributed by atoms with Gasteiger partial charge in [-0.15, -0.1) is 0 Å². The predicted molar refractivity (Wildman–Crippen MR) is 86.3 cm³/mol. The lowest BCUT2D eigenvalue weighted by molar-refractivity contribution is 0.586. The molecule has 0 aliphatic rings. The predicted octanol–water partition coefficient (Wildman–Crippen LogP) is 3.84. The lowest BCUT2D eigenvalue weighted by Crippen LogP contribution is -2.00. The van der Waals surface area contributed by atoms with Gasteiger partial charge in [-0.3, -0.25) is 0 Å². The summed E-state index contributed by atoms with van der Waals surface area (Å²) in [7, 11) is 0. The normalized spacial score (nSPS) is 10.9. The van der Waals surface area contributed by atoms with Gasteiger partial charge in [0.25, 0.3) is 0 Å². The maximum absolute atomic E-state index is 13.8. The Bertz CT molecular complexity index is 1010. The Morgan fingerprint density at radius 3 is 2.58 bits per heavy atom. The molecule has 0 amide bonds. The molecule has 4 rings (SSSR count). The third-order valence-corrected chi connectivity index (χ3v) is 3.55. The van der Waals surface area contributed by atoms with E-state index < -0.39 is 11.6 Å². The highest BCUT2D eigenvalue weighted by atomic mass is 19.1. The molecule has 0 bridgehead atoms. The number of rotatable bonds is 3. The first-order valence-corrected chi connectivity index (χ1v) is 7.18. The molecule has 2 aromatic carbocycles. The molecule has 0 saturated carbocycles. The summed E-state index contributed by atoms with van der Waals surface area (Å²) < 4.78 is 28.5. The summed E-state index contributed by atoms with van der Waals surface area (Å²) in [6, 6.07) is 12.8. The van der Waals surface area contributed by atoms with Gasteiger partial charge >= 0.3 is 0 Å². The van der Waals surface area contributed by atoms with E-state index >= 15 is 0 Å². The molecule has 0 unspecified atom stereocenters. The quantitative estimate of drug-likeness (QED) is 0.622. The molecule has 0 saturated heterocycles. The number of nitrogens with zero attached hydrogens (tertiary/aromatic N) is 4. The molecule has 24 heavy (non-hydrogen) atoms. The van der Waals surface area contributed by atoms with E-state index in [0.29, 0.717) is 16.9 Å². The molecular weight excluding hydrogens is 312 g/mol. The first kappa shape index (κ1) is 14.3. The molecule has 0 aliphatic carbocycles. The van der Waals surface area contributed by atoms with Crippen LogP contribution < -0.4 is 5.32 Å². The standard InChI is InChI=1S/C17H11F2N5/c18-11-6-7-15(14(19)8-11)23-16-13-9-22-24(17(13)21-10-20-16)12-4-2-1-3-5-12/h1-10H,(H,20,21,23). The van der Waals surface area contributed by atoms with E-state index in [1.807, 2.05) is 30.3 Å². The summed E-state index contributed by atoms with van der Waals surface area (Å²) in [6.07, 6.45) is 2.97. The fraction of sp³-hybridized carbons (Fsp3) is 0. The Hall–Kier alpha value is -3.35. The third-order valence-electron chi connectivity index (χ3n) is 3.55. The van der Waals surface area contributed by atoms with Gasteiger partial charge in [0, 0.05) is 6.07 Å². The number of aromatic nitrogens is 4. The van der Waals surface area contributed by atoms with Crippen molar-refractivity contribution in [1.29, 1.82) is 0 Å². The van der Waals surface area contributed by atoms with E-state index in [-0.39, 0.29) is 5.69 Å². The smallest absolute Gasteiger partial charge is 0.168 e. The fourth-order valence-corrected chi connectivity index (χ4v) is 2.42. The van der Waals surface area contributed by atoms with Crippen molar-refractivity contribution in [2.75, 3.05) is 5.32 Å². The molecule has 2 aromatic heterocycles. The summed E-state index contributed by atoms with van der Waals surface area (Å²) in [5, 5.41) is 7.82. The number of anilines is 2. The van der Waals surface area contributed by atoms with Gasteiger partial charge in [-0.2, -0.15) is 5.10 Å². The number of halogens is 2. The molecule has 1 N–H and O–H groups in total. The van der Waals surface area contributed by atoms with E-state index in [2.05, 4.69) is 20.4 Å². The van der Waals surface area contributed by atoms with Crippen LogP contribution in [0.1, 0.15) is 0 Å². The number of hydrogen-bond donors (Lipinski definition) is 1. The van der Waals surface area contributed by atoms with E-state index in [1.165, 1.54) is 18.5 Å². The van der Waals surface area contributed by atoms with Crippen LogP contribution in [0.2, 0.25) is 0 Å². The van der Waals surface area contributed by atoms with Crippen LogP contribution in [-0.2, 0) is 0 Å². The molecule has 4 aromatic rings. The lowest BCUT2D eigenvalue weighted by Gasteiger charge is -2.08. The van der Waals surface area contributed by atoms with Crippen LogP contribution in [-0.4, -0.2) is 19.7 Å². The highest BCUT2D eigenvalue weighted by Crippen LogP contribution is 2.26. The summed E-state index contributed by atoms with van der Waals surface area (Å²) in [5.41, 5.74) is 1.56. The van der Waals surface area contributed by atoms with Crippen molar-refractivity contribution >= 4 is 22.5 Å². The molecular formula is C17H11F2N5. The largest absolute Gasteiger partial charge is 0.337 e. The van der Waals surface area contributed by atoms with Gasteiger partial charge in [-0.1, -0.05) is 18.2 Å². The number of hydrogen-bond acceptors (Lipinski definition) is 4. The number of nitrogens with one attached hydrogen (secondary N) is 1. The molecule has 0 aliphatic heterocycles. The molecule has 0 atom stereocenters. The average molecular weight is 323 g/mol. The SMILES string of the molecule is Fc1ccc(Nc2ncnc3c2cnn3-c2ccccc2)c(F)c1. The highest BCUT2D eigenvalue weighted by molar-refractivity contribution is 5.89. The summed E-state index contributed by atoms with van der Waals surface area (Å²) in [5.74, 6) is -0.937. The van der Waals surface area contributed by atoms with Crippen molar-refractivity contribution in [1.82, 2.24) is 19.7 Å². The van der Waals surface area contributed by atoms with Gasteiger partial charge in [0.1, 0.15) is 23.8 Å². The molecule has 2 heterocycles. The van der Waals surface area contributed by atoms with Crippen LogP contribution >= 0.6 is 0 Å². The van der Waals surface area contributed by atoms with Crippen molar-refractivity contribution in [3.8, 4) is 5.69 Å². The van der Waals surface area contributed by atoms with Crippen LogP contribution in [0.25, 0.3) is 16.7 Å². The number of fused-ring (bicyclic) bond motifs is 1. The number of para-hydroxylation sites is 1. The first-order valence-electron chi connectivity index (χ1n) is 7.18. The molecule has 118 valence electrons. The van der Waals surface area contributed by atoms with Gasteiger partial charge in [0.15, 0.2) is 5.65 Å². The minimum Gasteiger partial charge on any atom is -0.337 e. The molecule has 0 fully saturated rings. The van der Waals surface area contributed by atoms with Gasteiger partial charge < -0.3 is 5.32 Å². The second kappa shape index (κ2) is 5.69. The van der Waals surface area contributed by atoms with Crippen molar-refractivity contribution in [3.63, 3.8) is 0 Å². The Kier molecular flexibility index (Phi) is 3.38. The molecule has 7 heteroatoms. The van der Waals surface area contributed by atoms with Crippen molar-refractivity contribution in [2.45, 2.75) is 0 Å². The molecule has 5 nitrogen and oxygen atoms in total. The van der Waals surface area contributed by atoms with Crippen LogP contribution in [0.4, 0.5) is 20.3 Å². The van der Waals surface area contributed by atoms with E-state index in [9.17, 15) is 8.78 Å². The van der Waals surface area contributed by atoms with Crippen LogP contribution in [0.3, 0.4) is 0 Å². The molecule has 0 spiro atoms. The second-order valence-electron chi connectivity index (χ2n) is 5.10. The Labute approximate surface area is 135 Å². The molecule has 0 radical (unpaired) electrons. The minimum absolute atomic E-state index is 0.129. The maximum atomic E-state index is 13.8. The van der Waals surface area contributed by atoms with E-state index in [0.717, 1.165) is 11.8 Å². The van der Waals surface area contributed by atoms with Crippen LogP contribution in [0.5, 0.6) is 0 Å². The van der Waals surface area contributed by atoms with E-state index in [4.69, 9.17) is 0 Å². The third kappa shape index (κ3) is 2.45. The zero-order chi connectivity index (χ0) is 16.5. The zero-order valence-electron chi connectivity index (χ0n) is 12.3. The zero-order valence-corrected chi connectivity index (χ0v) is 12.3. The average Bonchev–Trinajstić information content (AvgIpc) is 3.03. The minimum atomic E-state index is -0.697. The van der Waals surface area contributed by atoms with E-state index in [1.54, 1.807) is 10.9 Å². The van der Waals surface area contributed by atoms with Crippen molar-refractivity contribution in [3.05, 3.63) is 72.7 Å². The van der Waals surface area contributed by atoms with Crippen molar-refractivity contribution in [2.24, 2.45) is 0 Å². The summed E-state index contributed by atoms with van der Waals surface area (Å²) in [6.45, 7) is 0. The second-order valence-corrected chi connectivity index (χ2v) is 5.10. The number of benzene rings is 2. The Morgan fingerprint density at radius 1 is 0.958 bits per heavy atom. The Balaban J connectivity index is 1.79. The fourth-order valence-electron chi connectivity index (χ4n) is 2.42. The monoisotopic (exact) mass is 323 g/mol. The van der Waals surface area contributed by atoms with Crippen LogP contribution in [0.15, 0.2) is 61.1 Å². The summed E-state index contributed by atoms with van der Waals surface area (Å²) >= 11 is 0. The van der Waals surface area contributed by atoms with Gasteiger partial charge in [-0.25, -0.2) is 23.4 Å².